The molecule has 2 amide bonds. The van der Waals surface area contributed by atoms with Crippen molar-refractivity contribution in [2.24, 2.45) is 0 Å². The van der Waals surface area contributed by atoms with Gasteiger partial charge in [-0.15, -0.1) is 0 Å². The topological polar surface area (TPSA) is 76.5 Å². The largest absolute Gasteiger partial charge is 0.356 e. The van der Waals surface area contributed by atoms with E-state index in [9.17, 15) is 14.0 Å². The zero-order valence-corrected chi connectivity index (χ0v) is 14.0. The Labute approximate surface area is 144 Å². The molecule has 2 atom stereocenters. The van der Waals surface area contributed by atoms with Gasteiger partial charge in [0.05, 0.1) is 17.9 Å². The quantitative estimate of drug-likeness (QED) is 0.912. The summed E-state index contributed by atoms with van der Waals surface area (Å²) in [5.41, 5.74) is 1.04. The second-order valence-corrected chi connectivity index (χ2v) is 5.81. The first kappa shape index (κ1) is 17.1. The normalized spacial score (nSPS) is 20.6. The number of benzene rings is 1. The number of morpholine rings is 1. The van der Waals surface area contributed by atoms with Crippen molar-refractivity contribution in [2.45, 2.75) is 25.6 Å². The number of ether oxygens (including phenoxy) is 1. The molecule has 1 aromatic heterocycles. The van der Waals surface area contributed by atoms with Gasteiger partial charge in [-0.2, -0.15) is 5.10 Å². The van der Waals surface area contributed by atoms with Gasteiger partial charge in [-0.3, -0.25) is 14.3 Å². The van der Waals surface area contributed by atoms with Crippen LogP contribution in [0.15, 0.2) is 36.7 Å². The minimum atomic E-state index is -0.950. The first-order chi connectivity index (χ1) is 12.0. The number of halogens is 1. The van der Waals surface area contributed by atoms with Gasteiger partial charge >= 0.3 is 0 Å². The van der Waals surface area contributed by atoms with Crippen molar-refractivity contribution in [1.82, 2.24) is 14.7 Å². The van der Waals surface area contributed by atoms with Gasteiger partial charge in [-0.1, -0.05) is 12.1 Å². The second kappa shape index (κ2) is 7.02. The van der Waals surface area contributed by atoms with E-state index in [-0.39, 0.29) is 12.5 Å². The van der Waals surface area contributed by atoms with Crippen molar-refractivity contribution in [3.05, 3.63) is 48.0 Å². The molecule has 0 spiro atoms. The van der Waals surface area contributed by atoms with Crippen LogP contribution < -0.4 is 5.32 Å². The Bertz CT molecular complexity index is 792. The number of anilines is 1. The molecule has 1 fully saturated rings. The van der Waals surface area contributed by atoms with Crippen molar-refractivity contribution in [3.8, 4) is 0 Å². The summed E-state index contributed by atoms with van der Waals surface area (Å²) in [6.45, 7) is 2.41. The van der Waals surface area contributed by atoms with Crippen LogP contribution in [0.25, 0.3) is 0 Å². The molecule has 1 aromatic carbocycles. The summed E-state index contributed by atoms with van der Waals surface area (Å²) in [5.74, 6) is -1.12. The monoisotopic (exact) mass is 346 g/mol. The summed E-state index contributed by atoms with van der Waals surface area (Å²) in [6, 6.07) is 5.11. The van der Waals surface area contributed by atoms with Crippen LogP contribution in [0.3, 0.4) is 0 Å². The Morgan fingerprint density at radius 2 is 2.28 bits per heavy atom. The molecule has 2 heterocycles. The maximum atomic E-state index is 13.6. The van der Waals surface area contributed by atoms with Gasteiger partial charge in [0.15, 0.2) is 6.10 Å². The zero-order valence-electron chi connectivity index (χ0n) is 14.0. The van der Waals surface area contributed by atoms with Gasteiger partial charge in [-0.05, 0) is 24.6 Å². The molecule has 8 heteroatoms. The van der Waals surface area contributed by atoms with E-state index >= 15 is 0 Å². The van der Waals surface area contributed by atoms with Crippen LogP contribution >= 0.6 is 0 Å². The standard InChI is InChI=1S/C17H19FN4O3/c1-3-22-9-13(8-19-22)20-17(24)16-15(21(2)14(23)10-25-16)11-5-4-6-12(18)7-11/h4-9,15-16H,3,10H2,1-2H3,(H,20,24)/t15-,16-/m0/s1. The van der Waals surface area contributed by atoms with Crippen LogP contribution in [0.1, 0.15) is 18.5 Å². The van der Waals surface area contributed by atoms with Gasteiger partial charge < -0.3 is 15.0 Å². The summed E-state index contributed by atoms with van der Waals surface area (Å²) < 4.78 is 20.8. The van der Waals surface area contributed by atoms with E-state index in [4.69, 9.17) is 4.74 Å². The number of rotatable bonds is 4. The van der Waals surface area contributed by atoms with Crippen molar-refractivity contribution in [1.29, 1.82) is 0 Å². The molecule has 0 saturated carbocycles. The summed E-state index contributed by atoms with van der Waals surface area (Å²) in [4.78, 5) is 26.1. The van der Waals surface area contributed by atoms with Crippen LogP contribution in [0.4, 0.5) is 10.1 Å². The Morgan fingerprint density at radius 3 is 2.96 bits per heavy atom. The molecule has 1 aliphatic heterocycles. The smallest absolute Gasteiger partial charge is 0.256 e. The third kappa shape index (κ3) is 3.53. The lowest BCUT2D eigenvalue weighted by Crippen LogP contribution is -2.51. The Kier molecular flexibility index (Phi) is 4.80. The number of carbonyl (C=O) groups excluding carboxylic acids is 2. The lowest BCUT2D eigenvalue weighted by Gasteiger charge is -2.38. The van der Waals surface area contributed by atoms with Crippen LogP contribution in [0.2, 0.25) is 0 Å². The number of nitrogens with zero attached hydrogens (tertiary/aromatic N) is 3. The molecule has 25 heavy (non-hydrogen) atoms. The minimum Gasteiger partial charge on any atom is -0.356 e. The van der Waals surface area contributed by atoms with Crippen molar-refractivity contribution in [3.63, 3.8) is 0 Å². The highest BCUT2D eigenvalue weighted by atomic mass is 19.1. The number of aryl methyl sites for hydroxylation is 1. The lowest BCUT2D eigenvalue weighted by molar-refractivity contribution is -0.160. The number of hydrogen-bond donors (Lipinski definition) is 1. The number of aromatic nitrogens is 2. The van der Waals surface area contributed by atoms with Crippen molar-refractivity contribution in [2.75, 3.05) is 19.0 Å². The highest BCUT2D eigenvalue weighted by Gasteiger charge is 2.40. The molecule has 2 aromatic rings. The molecule has 0 aliphatic carbocycles. The maximum Gasteiger partial charge on any atom is 0.256 e. The van der Waals surface area contributed by atoms with Crippen LogP contribution in [0, 0.1) is 5.82 Å². The van der Waals surface area contributed by atoms with Gasteiger partial charge in [0.2, 0.25) is 5.91 Å². The number of likely N-dealkylation sites (N-methyl/N-ethyl adjacent to an activating group) is 1. The Morgan fingerprint density at radius 1 is 1.48 bits per heavy atom. The van der Waals surface area contributed by atoms with Crippen LogP contribution in [-0.4, -0.2) is 46.3 Å². The average molecular weight is 346 g/mol. The molecule has 0 bridgehead atoms. The maximum absolute atomic E-state index is 13.6. The fraction of sp³-hybridized carbons (Fsp3) is 0.353. The zero-order chi connectivity index (χ0) is 18.0. The highest BCUT2D eigenvalue weighted by molar-refractivity contribution is 5.96. The van der Waals surface area contributed by atoms with E-state index in [0.717, 1.165) is 0 Å². The predicted molar refractivity (Wildman–Crippen MR) is 88.2 cm³/mol. The molecule has 1 N–H and O–H groups in total. The van der Waals surface area contributed by atoms with E-state index in [2.05, 4.69) is 10.4 Å². The molecule has 1 aliphatic rings. The summed E-state index contributed by atoms with van der Waals surface area (Å²) >= 11 is 0. The number of amides is 2. The third-order valence-corrected chi connectivity index (χ3v) is 4.16. The van der Waals surface area contributed by atoms with Crippen LogP contribution in [0.5, 0.6) is 0 Å². The molecule has 7 nitrogen and oxygen atoms in total. The van der Waals surface area contributed by atoms with E-state index < -0.39 is 23.9 Å². The second-order valence-electron chi connectivity index (χ2n) is 5.81. The lowest BCUT2D eigenvalue weighted by atomic mass is 9.97. The first-order valence-corrected chi connectivity index (χ1v) is 7.95. The molecule has 132 valence electrons. The molecule has 0 radical (unpaired) electrons. The van der Waals surface area contributed by atoms with E-state index in [1.54, 1.807) is 24.0 Å². The van der Waals surface area contributed by atoms with E-state index in [1.165, 1.54) is 29.3 Å². The summed E-state index contributed by atoms with van der Waals surface area (Å²) in [5, 5.41) is 6.83. The van der Waals surface area contributed by atoms with Gasteiger partial charge in [-0.25, -0.2) is 4.39 Å². The molecular formula is C17H19FN4O3. The van der Waals surface area contributed by atoms with E-state index in [1.807, 2.05) is 6.92 Å². The Hall–Kier alpha value is -2.74. The summed E-state index contributed by atoms with van der Waals surface area (Å²) in [6.07, 6.45) is 2.29. The third-order valence-electron chi connectivity index (χ3n) is 4.16. The Balaban J connectivity index is 1.86. The SMILES string of the molecule is CCn1cc(NC(=O)[C@H]2OCC(=O)N(C)[C@H]2c2cccc(F)c2)cn1. The molecule has 3 rings (SSSR count). The first-order valence-electron chi connectivity index (χ1n) is 7.95. The van der Waals surface area contributed by atoms with Gasteiger partial charge in [0, 0.05) is 19.8 Å². The van der Waals surface area contributed by atoms with Crippen molar-refractivity contribution >= 4 is 17.5 Å². The molecular weight excluding hydrogens is 327 g/mol. The predicted octanol–water partition coefficient (Wildman–Crippen LogP) is 1.58. The molecule has 1 saturated heterocycles. The number of nitrogens with one attached hydrogen (secondary N) is 1. The van der Waals surface area contributed by atoms with Crippen LogP contribution in [-0.2, 0) is 20.9 Å². The van der Waals surface area contributed by atoms with E-state index in [0.29, 0.717) is 17.8 Å². The fourth-order valence-corrected chi connectivity index (χ4v) is 2.83. The average Bonchev–Trinajstić information content (AvgIpc) is 3.04. The molecule has 0 unspecified atom stereocenters. The number of carbonyl (C=O) groups is 2. The minimum absolute atomic E-state index is 0.200. The summed E-state index contributed by atoms with van der Waals surface area (Å²) in [7, 11) is 1.58. The van der Waals surface area contributed by atoms with Gasteiger partial charge in [0.1, 0.15) is 12.4 Å². The fourth-order valence-electron chi connectivity index (χ4n) is 2.83. The number of hydrogen-bond acceptors (Lipinski definition) is 4. The highest BCUT2D eigenvalue weighted by Crippen LogP contribution is 2.30. The van der Waals surface area contributed by atoms with Gasteiger partial charge in [0.25, 0.3) is 5.91 Å². The van der Waals surface area contributed by atoms with Crippen molar-refractivity contribution < 1.29 is 18.7 Å².